The van der Waals surface area contributed by atoms with Crippen molar-refractivity contribution in [3.63, 3.8) is 0 Å². The molecule has 0 radical (unpaired) electrons. The molecule has 0 unspecified atom stereocenters. The van der Waals surface area contributed by atoms with Gasteiger partial charge in [-0.3, -0.25) is 4.79 Å². The first-order valence-corrected chi connectivity index (χ1v) is 12.7. The van der Waals surface area contributed by atoms with Gasteiger partial charge >= 0.3 is 0 Å². The van der Waals surface area contributed by atoms with Crippen LogP contribution in [-0.2, 0) is 9.53 Å². The van der Waals surface area contributed by atoms with Crippen molar-refractivity contribution in [2.75, 3.05) is 38.6 Å². The second-order valence-electron chi connectivity index (χ2n) is 9.46. The Labute approximate surface area is 220 Å². The topological polar surface area (TPSA) is 120 Å². The normalized spacial score (nSPS) is 17.8. The molecule has 2 aromatic carbocycles. The number of hydrogen-bond donors (Lipinski definition) is 2. The predicted octanol–water partition coefficient (Wildman–Crippen LogP) is 3.19. The van der Waals surface area contributed by atoms with E-state index < -0.39 is 0 Å². The van der Waals surface area contributed by atoms with Crippen LogP contribution in [0, 0.1) is 0 Å². The van der Waals surface area contributed by atoms with Gasteiger partial charge in [0.2, 0.25) is 5.91 Å². The Morgan fingerprint density at radius 1 is 1.11 bits per heavy atom. The number of ether oxygens (including phenoxy) is 2. The number of carbonyl (C=O) groups excluding carboxylic acids is 1. The van der Waals surface area contributed by atoms with E-state index in [1.54, 1.807) is 6.08 Å². The monoisotopic (exact) mass is 511 g/mol. The number of rotatable bonds is 8. The third kappa shape index (κ3) is 4.96. The SMILES string of the molecule is Nc1ncnc2c1c(-c1ccc(Oc3ccccc3)cc1)nn2[C@@H]1CCN(C(=O)/C=C/CNC2COC2)C1. The van der Waals surface area contributed by atoms with Crippen molar-refractivity contribution in [1.82, 2.24) is 30.0 Å². The van der Waals surface area contributed by atoms with E-state index in [0.29, 0.717) is 48.2 Å². The quantitative estimate of drug-likeness (QED) is 0.346. The number of para-hydroxylation sites is 1. The first-order chi connectivity index (χ1) is 18.7. The molecule has 2 saturated heterocycles. The van der Waals surface area contributed by atoms with Crippen LogP contribution < -0.4 is 15.8 Å². The van der Waals surface area contributed by atoms with Gasteiger partial charge in [-0.1, -0.05) is 24.3 Å². The molecule has 4 aromatic rings. The van der Waals surface area contributed by atoms with Crippen molar-refractivity contribution in [2.45, 2.75) is 18.5 Å². The maximum atomic E-state index is 12.8. The highest BCUT2D eigenvalue weighted by atomic mass is 16.5. The fraction of sp³-hybridized carbons (Fsp3) is 0.286. The fourth-order valence-electron chi connectivity index (χ4n) is 4.75. The smallest absolute Gasteiger partial charge is 0.246 e. The van der Waals surface area contributed by atoms with Crippen LogP contribution >= 0.6 is 0 Å². The molecule has 4 heterocycles. The minimum Gasteiger partial charge on any atom is -0.457 e. The number of anilines is 1. The number of nitrogens with two attached hydrogens (primary N) is 1. The highest BCUT2D eigenvalue weighted by molar-refractivity contribution is 5.98. The molecule has 194 valence electrons. The van der Waals surface area contributed by atoms with Gasteiger partial charge in [0, 0.05) is 31.3 Å². The van der Waals surface area contributed by atoms with Gasteiger partial charge in [0.1, 0.15) is 29.3 Å². The molecule has 2 aliphatic rings. The summed E-state index contributed by atoms with van der Waals surface area (Å²) in [7, 11) is 0. The standard InChI is InChI=1S/C28H29N7O3/c29-27-25-26(19-8-10-23(11-9-19)38-22-5-2-1-3-6-22)33-35(28(25)32-18-31-27)21-12-14-34(15-21)24(36)7-4-13-30-20-16-37-17-20/h1-11,18,20-21,30H,12-17H2,(H2,29,31,32)/b7-4+/t21-/m1/s1. The Kier molecular flexibility index (Phi) is 6.72. The molecule has 6 rings (SSSR count). The van der Waals surface area contributed by atoms with E-state index in [2.05, 4.69) is 15.3 Å². The van der Waals surface area contributed by atoms with Crippen LogP contribution in [0.25, 0.3) is 22.3 Å². The summed E-state index contributed by atoms with van der Waals surface area (Å²) >= 11 is 0. The number of hydrogen-bond acceptors (Lipinski definition) is 8. The van der Waals surface area contributed by atoms with E-state index in [1.807, 2.05) is 70.3 Å². The lowest BCUT2D eigenvalue weighted by Gasteiger charge is -2.26. The Hall–Kier alpha value is -4.28. The largest absolute Gasteiger partial charge is 0.457 e. The molecule has 1 amide bonds. The van der Waals surface area contributed by atoms with Gasteiger partial charge in [-0.05, 0) is 42.8 Å². The number of amides is 1. The van der Waals surface area contributed by atoms with Crippen LogP contribution in [0.5, 0.6) is 11.5 Å². The van der Waals surface area contributed by atoms with Gasteiger partial charge in [0.25, 0.3) is 0 Å². The lowest BCUT2D eigenvalue weighted by molar-refractivity contribution is -0.125. The van der Waals surface area contributed by atoms with E-state index in [0.717, 1.165) is 36.7 Å². The van der Waals surface area contributed by atoms with Crippen molar-refractivity contribution in [2.24, 2.45) is 0 Å². The van der Waals surface area contributed by atoms with Crippen LogP contribution in [0.15, 0.2) is 73.1 Å². The number of aromatic nitrogens is 4. The van der Waals surface area contributed by atoms with Crippen molar-refractivity contribution in [3.05, 3.63) is 73.1 Å². The second kappa shape index (κ2) is 10.6. The summed E-state index contributed by atoms with van der Waals surface area (Å²) in [4.78, 5) is 23.3. The van der Waals surface area contributed by atoms with Crippen LogP contribution in [0.4, 0.5) is 5.82 Å². The van der Waals surface area contributed by atoms with E-state index in [9.17, 15) is 4.79 Å². The maximum Gasteiger partial charge on any atom is 0.246 e. The van der Waals surface area contributed by atoms with E-state index in [-0.39, 0.29) is 11.9 Å². The molecule has 2 fully saturated rings. The summed E-state index contributed by atoms with van der Waals surface area (Å²) < 4.78 is 13.0. The van der Waals surface area contributed by atoms with Crippen molar-refractivity contribution in [3.8, 4) is 22.8 Å². The molecule has 0 bridgehead atoms. The van der Waals surface area contributed by atoms with Crippen molar-refractivity contribution in [1.29, 1.82) is 0 Å². The Balaban J connectivity index is 1.20. The number of nitrogen functional groups attached to an aromatic ring is 1. The van der Waals surface area contributed by atoms with Gasteiger partial charge < -0.3 is 25.4 Å². The zero-order chi connectivity index (χ0) is 25.9. The number of nitrogens with one attached hydrogen (secondary N) is 1. The van der Waals surface area contributed by atoms with Crippen molar-refractivity contribution < 1.29 is 14.3 Å². The number of benzene rings is 2. The molecule has 10 nitrogen and oxygen atoms in total. The molecule has 1 atom stereocenters. The van der Waals surface area contributed by atoms with Crippen LogP contribution in [0.1, 0.15) is 12.5 Å². The van der Waals surface area contributed by atoms with Crippen LogP contribution in [-0.4, -0.2) is 69.4 Å². The van der Waals surface area contributed by atoms with E-state index in [1.165, 1.54) is 6.33 Å². The van der Waals surface area contributed by atoms with E-state index in [4.69, 9.17) is 20.3 Å². The summed E-state index contributed by atoms with van der Waals surface area (Å²) in [6.07, 6.45) is 5.74. The van der Waals surface area contributed by atoms with E-state index >= 15 is 0 Å². The van der Waals surface area contributed by atoms with Crippen LogP contribution in [0.3, 0.4) is 0 Å². The maximum absolute atomic E-state index is 12.8. The van der Waals surface area contributed by atoms with Crippen molar-refractivity contribution >= 4 is 22.8 Å². The third-order valence-corrected chi connectivity index (χ3v) is 6.87. The first-order valence-electron chi connectivity index (χ1n) is 12.7. The van der Waals surface area contributed by atoms with Gasteiger partial charge in [-0.15, -0.1) is 0 Å². The van der Waals surface area contributed by atoms with Gasteiger partial charge in [-0.2, -0.15) is 5.10 Å². The molecule has 0 saturated carbocycles. The number of fused-ring (bicyclic) bond motifs is 1. The molecule has 2 aromatic heterocycles. The fourth-order valence-corrected chi connectivity index (χ4v) is 4.75. The Bertz CT molecular complexity index is 1450. The van der Waals surface area contributed by atoms with Crippen LogP contribution in [0.2, 0.25) is 0 Å². The Morgan fingerprint density at radius 2 is 1.89 bits per heavy atom. The molecular formula is C28H29N7O3. The zero-order valence-electron chi connectivity index (χ0n) is 20.9. The van der Waals surface area contributed by atoms with Gasteiger partial charge in [0.05, 0.1) is 30.7 Å². The highest BCUT2D eigenvalue weighted by Crippen LogP contribution is 2.35. The summed E-state index contributed by atoms with van der Waals surface area (Å²) in [5, 5.41) is 8.97. The number of nitrogens with zero attached hydrogens (tertiary/aromatic N) is 5. The summed E-state index contributed by atoms with van der Waals surface area (Å²) in [5.41, 5.74) is 8.56. The van der Waals surface area contributed by atoms with Gasteiger partial charge in [0.15, 0.2) is 5.65 Å². The molecule has 2 aliphatic heterocycles. The molecule has 10 heteroatoms. The lowest BCUT2D eigenvalue weighted by Crippen LogP contribution is -2.45. The third-order valence-electron chi connectivity index (χ3n) is 6.87. The average molecular weight is 512 g/mol. The minimum absolute atomic E-state index is 0.000936. The summed E-state index contributed by atoms with van der Waals surface area (Å²) in [6.45, 7) is 3.32. The summed E-state index contributed by atoms with van der Waals surface area (Å²) in [5.74, 6) is 1.87. The van der Waals surface area contributed by atoms with Gasteiger partial charge in [-0.25, -0.2) is 14.6 Å². The average Bonchev–Trinajstić information content (AvgIpc) is 3.55. The molecular weight excluding hydrogens is 482 g/mol. The minimum atomic E-state index is -0.0103. The summed E-state index contributed by atoms with van der Waals surface area (Å²) in [6, 6.07) is 17.7. The molecule has 0 spiro atoms. The zero-order valence-corrected chi connectivity index (χ0v) is 20.9. The molecule has 38 heavy (non-hydrogen) atoms. The molecule has 0 aliphatic carbocycles. The predicted molar refractivity (Wildman–Crippen MR) is 144 cm³/mol. The number of likely N-dealkylation sites (tertiary alicyclic amines) is 1. The highest BCUT2D eigenvalue weighted by Gasteiger charge is 2.30. The molecule has 3 N–H and O–H groups in total. The second-order valence-corrected chi connectivity index (χ2v) is 9.46. The lowest BCUT2D eigenvalue weighted by atomic mass is 10.1. The number of carbonyl (C=O) groups is 1. The Morgan fingerprint density at radius 3 is 2.66 bits per heavy atom. The first kappa shape index (κ1) is 24.1.